The van der Waals surface area contributed by atoms with Gasteiger partial charge < -0.3 is 15.4 Å². The zero-order valence-electron chi connectivity index (χ0n) is 19.2. The van der Waals surface area contributed by atoms with Gasteiger partial charge in [-0.1, -0.05) is 20.3 Å². The minimum Gasteiger partial charge on any atom is -0.467 e. The quantitative estimate of drug-likeness (QED) is 0.690. The Balaban J connectivity index is 1.65. The van der Waals surface area contributed by atoms with Crippen LogP contribution in [-0.2, 0) is 19.1 Å². The third-order valence-electron chi connectivity index (χ3n) is 9.48. The van der Waals surface area contributed by atoms with Crippen molar-refractivity contribution in [3.8, 4) is 0 Å². The summed E-state index contributed by atoms with van der Waals surface area (Å²) in [6.07, 6.45) is 8.58. The van der Waals surface area contributed by atoms with E-state index < -0.39 is 17.4 Å². The molecule has 4 aliphatic rings. The zero-order valence-corrected chi connectivity index (χ0v) is 19.2. The molecule has 0 aromatic carbocycles. The molecule has 3 saturated carbocycles. The number of ether oxygens (including phenoxy) is 1. The van der Waals surface area contributed by atoms with Crippen molar-refractivity contribution in [3.63, 3.8) is 0 Å². The van der Waals surface area contributed by atoms with Gasteiger partial charge in [-0.05, 0) is 75.5 Å². The van der Waals surface area contributed by atoms with Gasteiger partial charge in [-0.3, -0.25) is 9.59 Å². The van der Waals surface area contributed by atoms with E-state index in [1.165, 1.54) is 32.8 Å². The number of methoxy groups -OCH3 is 1. The van der Waals surface area contributed by atoms with Crippen molar-refractivity contribution in [2.75, 3.05) is 7.11 Å². The zero-order chi connectivity index (χ0) is 21.9. The number of hydrogen-bond donors (Lipinski definition) is 2. The van der Waals surface area contributed by atoms with Crippen molar-refractivity contribution < 1.29 is 19.1 Å². The lowest BCUT2D eigenvalue weighted by atomic mass is 9.45. The van der Waals surface area contributed by atoms with E-state index >= 15 is 0 Å². The predicted molar refractivity (Wildman–Crippen MR) is 113 cm³/mol. The highest BCUT2D eigenvalue weighted by atomic mass is 16.5. The number of esters is 1. The summed E-state index contributed by atoms with van der Waals surface area (Å²) in [5.74, 6) is 0.678. The highest BCUT2D eigenvalue weighted by molar-refractivity contribution is 5.92. The van der Waals surface area contributed by atoms with Crippen molar-refractivity contribution in [1.29, 1.82) is 0 Å². The third kappa shape index (κ3) is 3.16. The van der Waals surface area contributed by atoms with Crippen LogP contribution in [0.25, 0.3) is 0 Å². The smallest absolute Gasteiger partial charge is 0.330 e. The van der Waals surface area contributed by atoms with E-state index in [2.05, 4.69) is 24.5 Å². The summed E-state index contributed by atoms with van der Waals surface area (Å²) in [7, 11) is 1.33. The van der Waals surface area contributed by atoms with E-state index in [0.717, 1.165) is 25.2 Å². The first kappa shape index (κ1) is 21.6. The second kappa shape index (κ2) is 7.23. The van der Waals surface area contributed by atoms with E-state index in [1.807, 2.05) is 0 Å². The Morgan fingerprint density at radius 1 is 1.10 bits per heavy atom. The van der Waals surface area contributed by atoms with Crippen LogP contribution in [0.15, 0.2) is 0 Å². The first-order valence-electron chi connectivity index (χ1n) is 11.7. The summed E-state index contributed by atoms with van der Waals surface area (Å²) >= 11 is 0. The molecule has 3 aliphatic carbocycles. The fraction of sp³-hybridized carbons (Fsp3) is 0.875. The number of nitrogens with one attached hydrogen (secondary N) is 2. The first-order valence-corrected chi connectivity index (χ1v) is 11.7. The number of rotatable bonds is 3. The third-order valence-corrected chi connectivity index (χ3v) is 9.48. The van der Waals surface area contributed by atoms with Gasteiger partial charge in [-0.25, -0.2) is 4.79 Å². The van der Waals surface area contributed by atoms with Crippen molar-refractivity contribution >= 4 is 17.8 Å². The molecule has 0 aromatic rings. The van der Waals surface area contributed by atoms with Gasteiger partial charge in [-0.15, -0.1) is 0 Å². The number of piperidine rings is 1. The molecule has 0 unspecified atom stereocenters. The Hall–Kier alpha value is -1.59. The number of carbonyl (C=O) groups excluding carboxylic acids is 3. The molecule has 2 N–H and O–H groups in total. The number of hydrogen-bond acceptors (Lipinski definition) is 4. The summed E-state index contributed by atoms with van der Waals surface area (Å²) in [4.78, 5) is 38.2. The molecule has 4 fully saturated rings. The lowest BCUT2D eigenvalue weighted by molar-refractivity contribution is -0.161. The van der Waals surface area contributed by atoms with Crippen LogP contribution in [0.1, 0.15) is 79.1 Å². The molecule has 0 aromatic heterocycles. The predicted octanol–water partition coefficient (Wildman–Crippen LogP) is 3.19. The van der Waals surface area contributed by atoms with Crippen LogP contribution in [0.2, 0.25) is 0 Å². The van der Waals surface area contributed by atoms with Crippen molar-refractivity contribution in [3.05, 3.63) is 0 Å². The summed E-state index contributed by atoms with van der Waals surface area (Å²) < 4.78 is 4.87. The van der Waals surface area contributed by atoms with Gasteiger partial charge in [0.15, 0.2) is 0 Å². The lowest BCUT2D eigenvalue weighted by Gasteiger charge is -2.61. The van der Waals surface area contributed by atoms with Crippen LogP contribution in [0.3, 0.4) is 0 Å². The molecule has 7 atom stereocenters. The number of fused-ring (bicyclic) bond motifs is 5. The maximum absolute atomic E-state index is 13.5. The minimum absolute atomic E-state index is 0.0303. The maximum Gasteiger partial charge on any atom is 0.330 e. The first-order chi connectivity index (χ1) is 14.0. The second-order valence-corrected chi connectivity index (χ2v) is 11.4. The summed E-state index contributed by atoms with van der Waals surface area (Å²) in [5, 5.41) is 6.14. The van der Waals surface area contributed by atoms with Crippen LogP contribution in [0.4, 0.5) is 0 Å². The van der Waals surface area contributed by atoms with E-state index in [9.17, 15) is 14.4 Å². The topological polar surface area (TPSA) is 84.5 Å². The van der Waals surface area contributed by atoms with Gasteiger partial charge in [0, 0.05) is 17.9 Å². The Kier molecular flexibility index (Phi) is 5.22. The summed E-state index contributed by atoms with van der Waals surface area (Å²) in [6.45, 7) is 8.03. The average Bonchev–Trinajstić information content (AvgIpc) is 3.08. The fourth-order valence-corrected chi connectivity index (χ4v) is 7.85. The summed E-state index contributed by atoms with van der Waals surface area (Å²) in [5.41, 5.74) is -0.944. The van der Waals surface area contributed by atoms with Gasteiger partial charge >= 0.3 is 5.97 Å². The Morgan fingerprint density at radius 2 is 1.83 bits per heavy atom. The van der Waals surface area contributed by atoms with E-state index in [1.54, 1.807) is 13.8 Å². The van der Waals surface area contributed by atoms with Gasteiger partial charge in [0.1, 0.15) is 5.54 Å². The highest BCUT2D eigenvalue weighted by Gasteiger charge is 2.62. The molecule has 1 heterocycles. The molecule has 0 spiro atoms. The van der Waals surface area contributed by atoms with Gasteiger partial charge in [0.05, 0.1) is 13.0 Å². The van der Waals surface area contributed by atoms with Crippen molar-refractivity contribution in [2.24, 2.45) is 34.5 Å². The van der Waals surface area contributed by atoms with Crippen molar-refractivity contribution in [2.45, 2.75) is 90.6 Å². The van der Waals surface area contributed by atoms with Gasteiger partial charge in [0.2, 0.25) is 11.8 Å². The van der Waals surface area contributed by atoms with Crippen LogP contribution < -0.4 is 10.6 Å². The van der Waals surface area contributed by atoms with Crippen LogP contribution >= 0.6 is 0 Å². The maximum atomic E-state index is 13.5. The molecule has 1 aliphatic heterocycles. The SMILES string of the molecule is COC(=O)C(C)(C)NC(=O)[C@@H]1CC(=O)N[C@@H]2CC[C@H]3[C@@H]4CCC[C@@]4(C)CC[C@@H]3[C@]21C. The summed E-state index contributed by atoms with van der Waals surface area (Å²) in [6, 6.07) is 0.0303. The molecule has 6 nitrogen and oxygen atoms in total. The molecule has 0 bridgehead atoms. The molecular formula is C24H38N2O4. The van der Waals surface area contributed by atoms with E-state index in [0.29, 0.717) is 17.3 Å². The Morgan fingerprint density at radius 3 is 2.53 bits per heavy atom. The monoisotopic (exact) mass is 418 g/mol. The molecule has 6 heteroatoms. The average molecular weight is 419 g/mol. The van der Waals surface area contributed by atoms with Crippen LogP contribution in [0, 0.1) is 34.5 Å². The Labute approximate surface area is 180 Å². The van der Waals surface area contributed by atoms with Gasteiger partial charge in [0.25, 0.3) is 0 Å². The second-order valence-electron chi connectivity index (χ2n) is 11.4. The molecule has 2 amide bonds. The number of carbonyl (C=O) groups is 3. The highest BCUT2D eigenvalue weighted by Crippen LogP contribution is 2.64. The van der Waals surface area contributed by atoms with E-state index in [4.69, 9.17) is 4.74 Å². The minimum atomic E-state index is -1.11. The molecule has 4 rings (SSSR count). The van der Waals surface area contributed by atoms with Gasteiger partial charge in [-0.2, -0.15) is 0 Å². The van der Waals surface area contributed by atoms with Crippen LogP contribution in [-0.4, -0.2) is 36.5 Å². The molecule has 0 radical (unpaired) electrons. The van der Waals surface area contributed by atoms with E-state index in [-0.39, 0.29) is 29.7 Å². The Bertz CT molecular complexity index is 749. The largest absolute Gasteiger partial charge is 0.467 e. The normalized spacial score (nSPS) is 43.0. The van der Waals surface area contributed by atoms with Crippen LogP contribution in [0.5, 0.6) is 0 Å². The van der Waals surface area contributed by atoms with Crippen molar-refractivity contribution in [1.82, 2.24) is 10.6 Å². The molecular weight excluding hydrogens is 380 g/mol. The molecule has 168 valence electrons. The molecule has 1 saturated heterocycles. The number of amides is 2. The fourth-order valence-electron chi connectivity index (χ4n) is 7.85. The molecule has 30 heavy (non-hydrogen) atoms. The standard InChI is InChI=1S/C24H38N2O4/c1-22(2,21(29)30-5)26-20(28)17-13-19(27)25-18-9-8-14-15-7-6-11-23(15,3)12-10-16(14)24(17,18)4/h14-18H,6-13H2,1-5H3,(H,25,27)(H,26,28)/t14-,15-,16-,17-,18+,23-,24-/m0/s1. The lowest BCUT2D eigenvalue weighted by Crippen LogP contribution is -2.67.